The zero-order chi connectivity index (χ0) is 13.1. The second-order valence-corrected chi connectivity index (χ2v) is 5.99. The Bertz CT molecular complexity index is 520. The molecule has 19 heavy (non-hydrogen) atoms. The van der Waals surface area contributed by atoms with Crippen molar-refractivity contribution in [2.24, 2.45) is 0 Å². The summed E-state index contributed by atoms with van der Waals surface area (Å²) >= 11 is 1.83. The smallest absolute Gasteiger partial charge is 0.133 e. The van der Waals surface area contributed by atoms with Gasteiger partial charge < -0.3 is 10.2 Å². The number of thiophene rings is 1. The Morgan fingerprint density at radius 1 is 1.37 bits per heavy atom. The summed E-state index contributed by atoms with van der Waals surface area (Å²) in [5.41, 5.74) is 1.29. The van der Waals surface area contributed by atoms with Crippen LogP contribution in [0.5, 0.6) is 0 Å². The fraction of sp³-hybridized carbons (Fsp3) is 0.400. The minimum Gasteiger partial charge on any atom is -0.348 e. The SMILES string of the molecule is CNCc1cccnc1N(Cc1cccs1)C1CC1. The first kappa shape index (κ1) is 12.6. The van der Waals surface area contributed by atoms with E-state index in [0.717, 1.165) is 18.9 Å². The molecular weight excluding hydrogens is 254 g/mol. The monoisotopic (exact) mass is 273 g/mol. The molecule has 3 nitrogen and oxygen atoms in total. The molecule has 2 heterocycles. The minimum absolute atomic E-state index is 0.674. The van der Waals surface area contributed by atoms with Crippen molar-refractivity contribution in [3.05, 3.63) is 46.3 Å². The number of nitrogens with one attached hydrogen (secondary N) is 1. The number of hydrogen-bond acceptors (Lipinski definition) is 4. The molecule has 0 aromatic carbocycles. The van der Waals surface area contributed by atoms with Gasteiger partial charge in [0.1, 0.15) is 5.82 Å². The number of nitrogens with zero attached hydrogens (tertiary/aromatic N) is 2. The Morgan fingerprint density at radius 2 is 2.26 bits per heavy atom. The summed E-state index contributed by atoms with van der Waals surface area (Å²) in [7, 11) is 1.98. The van der Waals surface area contributed by atoms with Crippen LogP contribution in [0.3, 0.4) is 0 Å². The van der Waals surface area contributed by atoms with Crippen LogP contribution in [0.4, 0.5) is 5.82 Å². The summed E-state index contributed by atoms with van der Waals surface area (Å²) in [6.07, 6.45) is 4.49. The largest absolute Gasteiger partial charge is 0.348 e. The standard InChI is InChI=1S/C15H19N3S/c1-16-10-12-4-2-8-17-15(12)18(13-6-7-13)11-14-5-3-9-19-14/h2-5,8-9,13,16H,6-7,10-11H2,1H3. The maximum absolute atomic E-state index is 4.63. The van der Waals surface area contributed by atoms with Crippen LogP contribution in [0.15, 0.2) is 35.8 Å². The van der Waals surface area contributed by atoms with Crippen molar-refractivity contribution < 1.29 is 0 Å². The van der Waals surface area contributed by atoms with E-state index in [1.54, 1.807) is 0 Å². The van der Waals surface area contributed by atoms with Gasteiger partial charge in [-0.1, -0.05) is 12.1 Å². The molecule has 1 aliphatic rings. The second kappa shape index (κ2) is 5.72. The van der Waals surface area contributed by atoms with E-state index in [2.05, 4.69) is 38.8 Å². The third-order valence-electron chi connectivity index (χ3n) is 3.40. The van der Waals surface area contributed by atoms with Crippen molar-refractivity contribution in [1.82, 2.24) is 10.3 Å². The highest BCUT2D eigenvalue weighted by Crippen LogP contribution is 2.34. The summed E-state index contributed by atoms with van der Waals surface area (Å²) in [6, 6.07) is 9.20. The number of aromatic nitrogens is 1. The lowest BCUT2D eigenvalue weighted by Gasteiger charge is -2.25. The molecule has 0 atom stereocenters. The van der Waals surface area contributed by atoms with Gasteiger partial charge in [0.15, 0.2) is 0 Å². The molecule has 0 unspecified atom stereocenters. The van der Waals surface area contributed by atoms with Crippen LogP contribution < -0.4 is 10.2 Å². The molecule has 0 saturated heterocycles. The molecule has 1 N–H and O–H groups in total. The number of anilines is 1. The first-order valence-corrected chi connectivity index (χ1v) is 7.64. The third kappa shape index (κ3) is 2.96. The van der Waals surface area contributed by atoms with E-state index in [9.17, 15) is 0 Å². The van der Waals surface area contributed by atoms with Crippen LogP contribution in [0.1, 0.15) is 23.3 Å². The lowest BCUT2D eigenvalue weighted by molar-refractivity contribution is 0.754. The molecule has 3 rings (SSSR count). The highest BCUT2D eigenvalue weighted by molar-refractivity contribution is 7.09. The normalized spacial score (nSPS) is 14.6. The molecular formula is C15H19N3S. The molecule has 100 valence electrons. The molecule has 2 aromatic heterocycles. The first-order chi connectivity index (χ1) is 9.38. The Balaban J connectivity index is 1.87. The van der Waals surface area contributed by atoms with Crippen LogP contribution >= 0.6 is 11.3 Å². The van der Waals surface area contributed by atoms with E-state index in [1.807, 2.05) is 30.6 Å². The number of hydrogen-bond donors (Lipinski definition) is 1. The van der Waals surface area contributed by atoms with Gasteiger partial charge in [0.05, 0.1) is 6.54 Å². The average molecular weight is 273 g/mol. The maximum Gasteiger partial charge on any atom is 0.133 e. The van der Waals surface area contributed by atoms with Crippen LogP contribution in [-0.4, -0.2) is 18.1 Å². The van der Waals surface area contributed by atoms with Crippen molar-refractivity contribution in [2.75, 3.05) is 11.9 Å². The van der Waals surface area contributed by atoms with Crippen molar-refractivity contribution in [2.45, 2.75) is 32.0 Å². The predicted octanol–water partition coefficient (Wildman–Crippen LogP) is 3.03. The molecule has 1 aliphatic carbocycles. The molecule has 1 fully saturated rings. The molecule has 0 radical (unpaired) electrons. The summed E-state index contributed by atoms with van der Waals surface area (Å²) in [4.78, 5) is 8.51. The van der Waals surface area contributed by atoms with Crippen LogP contribution in [0.2, 0.25) is 0 Å². The zero-order valence-electron chi connectivity index (χ0n) is 11.2. The van der Waals surface area contributed by atoms with Crippen molar-refractivity contribution in [1.29, 1.82) is 0 Å². The van der Waals surface area contributed by atoms with E-state index in [-0.39, 0.29) is 0 Å². The maximum atomic E-state index is 4.63. The first-order valence-electron chi connectivity index (χ1n) is 6.76. The Hall–Kier alpha value is -1.39. The topological polar surface area (TPSA) is 28.2 Å². The van der Waals surface area contributed by atoms with E-state index in [0.29, 0.717) is 6.04 Å². The predicted molar refractivity (Wildman–Crippen MR) is 80.5 cm³/mol. The van der Waals surface area contributed by atoms with Gasteiger partial charge in [-0.15, -0.1) is 11.3 Å². The second-order valence-electron chi connectivity index (χ2n) is 4.95. The quantitative estimate of drug-likeness (QED) is 0.877. The van der Waals surface area contributed by atoms with Gasteiger partial charge in [0.2, 0.25) is 0 Å². The Morgan fingerprint density at radius 3 is 2.95 bits per heavy atom. The lowest BCUT2D eigenvalue weighted by atomic mass is 10.2. The van der Waals surface area contributed by atoms with Gasteiger partial charge >= 0.3 is 0 Å². The van der Waals surface area contributed by atoms with Gasteiger partial charge in [0, 0.05) is 29.2 Å². The Labute approximate surface area is 118 Å². The lowest BCUT2D eigenvalue weighted by Crippen LogP contribution is -2.27. The van der Waals surface area contributed by atoms with Crippen LogP contribution in [0.25, 0.3) is 0 Å². The third-order valence-corrected chi connectivity index (χ3v) is 4.26. The molecule has 0 bridgehead atoms. The van der Waals surface area contributed by atoms with Crippen molar-refractivity contribution in [3.8, 4) is 0 Å². The van der Waals surface area contributed by atoms with Crippen molar-refractivity contribution in [3.63, 3.8) is 0 Å². The van der Waals surface area contributed by atoms with Crippen molar-refractivity contribution >= 4 is 17.2 Å². The molecule has 0 spiro atoms. The van der Waals surface area contributed by atoms with Gasteiger partial charge in [-0.3, -0.25) is 0 Å². The van der Waals surface area contributed by atoms with Gasteiger partial charge in [-0.25, -0.2) is 4.98 Å². The zero-order valence-corrected chi connectivity index (χ0v) is 12.0. The molecule has 1 saturated carbocycles. The minimum atomic E-state index is 0.674. The van der Waals surface area contributed by atoms with E-state index < -0.39 is 0 Å². The molecule has 0 amide bonds. The molecule has 2 aromatic rings. The summed E-state index contributed by atoms with van der Waals surface area (Å²) < 4.78 is 0. The van der Waals surface area contributed by atoms with E-state index in [1.165, 1.54) is 23.3 Å². The van der Waals surface area contributed by atoms with Gasteiger partial charge in [0.25, 0.3) is 0 Å². The molecule has 0 aliphatic heterocycles. The number of rotatable bonds is 6. The van der Waals surface area contributed by atoms with Crippen LogP contribution in [0, 0.1) is 0 Å². The van der Waals surface area contributed by atoms with E-state index in [4.69, 9.17) is 0 Å². The van der Waals surface area contributed by atoms with Gasteiger partial charge in [-0.2, -0.15) is 0 Å². The molecule has 4 heteroatoms. The highest BCUT2D eigenvalue weighted by Gasteiger charge is 2.31. The van der Waals surface area contributed by atoms with Crippen LogP contribution in [-0.2, 0) is 13.1 Å². The fourth-order valence-electron chi connectivity index (χ4n) is 2.35. The summed E-state index contributed by atoms with van der Waals surface area (Å²) in [6.45, 7) is 1.85. The fourth-order valence-corrected chi connectivity index (χ4v) is 3.05. The highest BCUT2D eigenvalue weighted by atomic mass is 32.1. The summed E-state index contributed by atoms with van der Waals surface area (Å²) in [5.74, 6) is 1.15. The number of pyridine rings is 1. The average Bonchev–Trinajstić information content (AvgIpc) is 3.15. The van der Waals surface area contributed by atoms with E-state index >= 15 is 0 Å². The Kier molecular flexibility index (Phi) is 3.80. The van der Waals surface area contributed by atoms with Gasteiger partial charge in [-0.05, 0) is 37.4 Å². The summed E-state index contributed by atoms with van der Waals surface area (Å²) in [5, 5.41) is 5.38.